The Hall–Kier alpha value is -1.60. The minimum Gasteiger partial charge on any atom is -0.384 e. The first-order valence-corrected chi connectivity index (χ1v) is 10.6. The van der Waals surface area contributed by atoms with Gasteiger partial charge in [-0.25, -0.2) is 8.42 Å². The number of methoxy groups -OCH3 is 1. The molecule has 2 aliphatic heterocycles. The highest BCUT2D eigenvalue weighted by Crippen LogP contribution is 2.22. The fourth-order valence-corrected chi connectivity index (χ4v) is 4.73. The van der Waals surface area contributed by atoms with Gasteiger partial charge in [0.1, 0.15) is 0 Å². The zero-order valence-corrected chi connectivity index (χ0v) is 15.5. The molecule has 2 saturated heterocycles. The molecule has 3 rings (SSSR count). The van der Waals surface area contributed by atoms with Gasteiger partial charge in [-0.1, -0.05) is 6.07 Å². The van der Waals surface area contributed by atoms with Gasteiger partial charge < -0.3 is 14.5 Å². The van der Waals surface area contributed by atoms with Crippen molar-refractivity contribution in [2.24, 2.45) is 5.92 Å². The van der Waals surface area contributed by atoms with Gasteiger partial charge in [-0.2, -0.15) is 0 Å². The first-order chi connectivity index (χ1) is 12.0. The average molecular weight is 366 g/mol. The van der Waals surface area contributed by atoms with Crippen molar-refractivity contribution in [3.8, 4) is 0 Å². The Morgan fingerprint density at radius 1 is 1.16 bits per heavy atom. The van der Waals surface area contributed by atoms with E-state index < -0.39 is 9.84 Å². The summed E-state index contributed by atoms with van der Waals surface area (Å²) < 4.78 is 28.4. The van der Waals surface area contributed by atoms with Gasteiger partial charge in [0.2, 0.25) is 0 Å². The van der Waals surface area contributed by atoms with Gasteiger partial charge in [-0.05, 0) is 37.0 Å². The van der Waals surface area contributed by atoms with Crippen LogP contribution >= 0.6 is 0 Å². The maximum atomic E-state index is 12.8. The van der Waals surface area contributed by atoms with Crippen LogP contribution in [0.1, 0.15) is 23.2 Å². The predicted molar refractivity (Wildman–Crippen MR) is 97.8 cm³/mol. The molecule has 0 bridgehead atoms. The van der Waals surface area contributed by atoms with Crippen LogP contribution in [-0.2, 0) is 14.6 Å². The third-order valence-corrected chi connectivity index (χ3v) is 6.72. The Bertz CT molecular complexity index is 698. The molecule has 2 heterocycles. The molecule has 0 aromatic heterocycles. The number of amides is 1. The van der Waals surface area contributed by atoms with Crippen molar-refractivity contribution in [2.75, 3.05) is 56.3 Å². The number of carbonyl (C=O) groups is 1. The summed E-state index contributed by atoms with van der Waals surface area (Å²) in [5.41, 5.74) is 1.60. The summed E-state index contributed by atoms with van der Waals surface area (Å²) in [7, 11) is -1.19. The topological polar surface area (TPSA) is 66.9 Å². The lowest BCUT2D eigenvalue weighted by atomic mass is 9.97. The van der Waals surface area contributed by atoms with E-state index in [2.05, 4.69) is 0 Å². The first kappa shape index (κ1) is 18.2. The molecule has 0 N–H and O–H groups in total. The number of sulfone groups is 1. The van der Waals surface area contributed by atoms with Gasteiger partial charge >= 0.3 is 0 Å². The number of hydrogen-bond donors (Lipinski definition) is 0. The van der Waals surface area contributed by atoms with Crippen LogP contribution in [-0.4, -0.2) is 70.6 Å². The van der Waals surface area contributed by atoms with E-state index in [0.717, 1.165) is 38.2 Å². The zero-order chi connectivity index (χ0) is 17.9. The number of carbonyl (C=O) groups excluding carboxylic acids is 1. The number of likely N-dealkylation sites (tertiary alicyclic amines) is 1. The van der Waals surface area contributed by atoms with E-state index in [0.29, 0.717) is 24.6 Å². The number of piperidine rings is 1. The van der Waals surface area contributed by atoms with Crippen LogP contribution in [0.25, 0.3) is 0 Å². The van der Waals surface area contributed by atoms with Crippen molar-refractivity contribution < 1.29 is 17.9 Å². The van der Waals surface area contributed by atoms with Gasteiger partial charge in [0.05, 0.1) is 11.5 Å². The number of hydrogen-bond acceptors (Lipinski definition) is 5. The molecular formula is C18H26N2O4S. The summed E-state index contributed by atoms with van der Waals surface area (Å²) >= 11 is 0. The molecule has 0 saturated carbocycles. The summed E-state index contributed by atoms with van der Waals surface area (Å²) in [5.74, 6) is 0.953. The highest BCUT2D eigenvalue weighted by atomic mass is 32.2. The standard InChI is InChI=1S/C18H26N2O4S/c1-24-14-15-5-7-20(8-6-15)18(21)16-3-2-4-17(13-16)19-9-11-25(22,23)12-10-19/h2-4,13,15H,5-12,14H2,1H3. The molecule has 0 spiro atoms. The molecule has 1 aromatic rings. The fourth-order valence-electron chi connectivity index (χ4n) is 3.53. The molecule has 0 aliphatic carbocycles. The van der Waals surface area contributed by atoms with E-state index in [4.69, 9.17) is 4.74 Å². The van der Waals surface area contributed by atoms with Gasteiger partial charge in [-0.15, -0.1) is 0 Å². The number of benzene rings is 1. The lowest BCUT2D eigenvalue weighted by Gasteiger charge is -2.32. The van der Waals surface area contributed by atoms with Crippen LogP contribution in [0.15, 0.2) is 24.3 Å². The molecule has 1 amide bonds. The quantitative estimate of drug-likeness (QED) is 0.806. The van der Waals surface area contributed by atoms with Crippen LogP contribution in [0.5, 0.6) is 0 Å². The predicted octanol–water partition coefficient (Wildman–Crippen LogP) is 1.42. The minimum atomic E-state index is -2.90. The number of nitrogens with zero attached hydrogens (tertiary/aromatic N) is 2. The summed E-state index contributed by atoms with van der Waals surface area (Å²) in [4.78, 5) is 16.7. The summed E-state index contributed by atoms with van der Waals surface area (Å²) in [5, 5.41) is 0. The van der Waals surface area contributed by atoms with Gasteiger partial charge in [0.15, 0.2) is 9.84 Å². The van der Waals surface area contributed by atoms with Crippen LogP contribution in [0, 0.1) is 5.92 Å². The largest absolute Gasteiger partial charge is 0.384 e. The highest BCUT2D eigenvalue weighted by Gasteiger charge is 2.25. The maximum absolute atomic E-state index is 12.8. The minimum absolute atomic E-state index is 0.0577. The Labute approximate surface area is 149 Å². The third-order valence-electron chi connectivity index (χ3n) is 5.11. The van der Waals surface area contributed by atoms with Crippen LogP contribution < -0.4 is 4.90 Å². The highest BCUT2D eigenvalue weighted by molar-refractivity contribution is 7.91. The Morgan fingerprint density at radius 3 is 2.48 bits per heavy atom. The molecule has 0 unspecified atom stereocenters. The van der Waals surface area contributed by atoms with Crippen molar-refractivity contribution in [2.45, 2.75) is 12.8 Å². The number of anilines is 1. The molecule has 0 atom stereocenters. The summed E-state index contributed by atoms with van der Waals surface area (Å²) in [6.07, 6.45) is 1.95. The fraction of sp³-hybridized carbons (Fsp3) is 0.611. The molecule has 6 nitrogen and oxygen atoms in total. The van der Waals surface area contributed by atoms with E-state index in [-0.39, 0.29) is 17.4 Å². The van der Waals surface area contributed by atoms with E-state index in [1.165, 1.54) is 0 Å². The Kier molecular flexibility index (Phi) is 5.64. The molecule has 25 heavy (non-hydrogen) atoms. The van der Waals surface area contributed by atoms with E-state index >= 15 is 0 Å². The van der Waals surface area contributed by atoms with Crippen molar-refractivity contribution in [3.05, 3.63) is 29.8 Å². The van der Waals surface area contributed by atoms with E-state index in [1.54, 1.807) is 7.11 Å². The monoisotopic (exact) mass is 366 g/mol. The first-order valence-electron chi connectivity index (χ1n) is 8.82. The Balaban J connectivity index is 1.64. The molecule has 2 fully saturated rings. The Morgan fingerprint density at radius 2 is 1.84 bits per heavy atom. The van der Waals surface area contributed by atoms with Crippen LogP contribution in [0.3, 0.4) is 0 Å². The SMILES string of the molecule is COCC1CCN(C(=O)c2cccc(N3CCS(=O)(=O)CC3)c2)CC1. The molecule has 138 valence electrons. The zero-order valence-electron chi connectivity index (χ0n) is 14.7. The van der Waals surface area contributed by atoms with Crippen LogP contribution in [0.4, 0.5) is 5.69 Å². The number of ether oxygens (including phenoxy) is 1. The molecule has 7 heteroatoms. The third kappa shape index (κ3) is 4.52. The average Bonchev–Trinajstić information content (AvgIpc) is 2.62. The van der Waals surface area contributed by atoms with Crippen molar-refractivity contribution in [3.63, 3.8) is 0 Å². The summed E-state index contributed by atoms with van der Waals surface area (Å²) in [6.45, 7) is 3.26. The molecule has 0 radical (unpaired) electrons. The van der Waals surface area contributed by atoms with Gasteiger partial charge in [0.25, 0.3) is 5.91 Å². The van der Waals surface area contributed by atoms with Crippen molar-refractivity contribution in [1.29, 1.82) is 0 Å². The summed E-state index contributed by atoms with van der Waals surface area (Å²) in [6, 6.07) is 7.55. The lowest BCUT2D eigenvalue weighted by molar-refractivity contribution is 0.0613. The lowest BCUT2D eigenvalue weighted by Crippen LogP contribution is -2.41. The second-order valence-corrected chi connectivity index (χ2v) is 9.18. The second kappa shape index (κ2) is 7.74. The van der Waals surface area contributed by atoms with E-state index in [9.17, 15) is 13.2 Å². The van der Waals surface area contributed by atoms with Gasteiger partial charge in [0, 0.05) is 51.1 Å². The van der Waals surface area contributed by atoms with Gasteiger partial charge in [-0.3, -0.25) is 4.79 Å². The van der Waals surface area contributed by atoms with E-state index in [1.807, 2.05) is 34.1 Å². The van der Waals surface area contributed by atoms with Crippen molar-refractivity contribution in [1.82, 2.24) is 4.90 Å². The van der Waals surface area contributed by atoms with Crippen molar-refractivity contribution >= 4 is 21.4 Å². The molecule has 1 aromatic carbocycles. The smallest absolute Gasteiger partial charge is 0.253 e. The second-order valence-electron chi connectivity index (χ2n) is 6.88. The number of rotatable bonds is 4. The normalized spacial score (nSPS) is 21.3. The molecule has 2 aliphatic rings. The van der Waals surface area contributed by atoms with Crippen LogP contribution in [0.2, 0.25) is 0 Å². The molecular weight excluding hydrogens is 340 g/mol. The maximum Gasteiger partial charge on any atom is 0.253 e.